The van der Waals surface area contributed by atoms with Gasteiger partial charge < -0.3 is 9.64 Å². The van der Waals surface area contributed by atoms with Crippen molar-refractivity contribution in [3.05, 3.63) is 68.9 Å². The molecule has 0 unspecified atom stereocenters. The normalized spacial score (nSPS) is 11.6. The fraction of sp³-hybridized carbons (Fsp3) is 0.318. The fourth-order valence-corrected chi connectivity index (χ4v) is 3.60. The van der Waals surface area contributed by atoms with Gasteiger partial charge in [0, 0.05) is 20.6 Å². The van der Waals surface area contributed by atoms with Gasteiger partial charge in [-0.2, -0.15) is 4.98 Å². The molecule has 8 nitrogen and oxygen atoms in total. The Hall–Kier alpha value is -3.39. The van der Waals surface area contributed by atoms with Gasteiger partial charge in [0.15, 0.2) is 11.2 Å². The molecule has 0 amide bonds. The highest BCUT2D eigenvalue weighted by Gasteiger charge is 2.21. The third-order valence-electron chi connectivity index (χ3n) is 5.29. The fourth-order valence-electron chi connectivity index (χ4n) is 3.60. The third-order valence-corrected chi connectivity index (χ3v) is 5.29. The molecule has 0 radical (unpaired) electrons. The van der Waals surface area contributed by atoms with E-state index in [2.05, 4.69) is 23.2 Å². The summed E-state index contributed by atoms with van der Waals surface area (Å²) in [7, 11) is 7.01. The zero-order chi connectivity index (χ0) is 21.4. The summed E-state index contributed by atoms with van der Waals surface area (Å²) in [6.07, 6.45) is 0. The number of likely N-dealkylation sites (N-methyl/N-ethyl adjacent to an activating group) is 1. The van der Waals surface area contributed by atoms with E-state index in [-0.39, 0.29) is 5.56 Å². The van der Waals surface area contributed by atoms with Crippen LogP contribution in [0.2, 0.25) is 0 Å². The molecule has 8 heteroatoms. The van der Waals surface area contributed by atoms with Gasteiger partial charge in [-0.05, 0) is 30.4 Å². The highest BCUT2D eigenvalue weighted by Crippen LogP contribution is 2.24. The zero-order valence-electron chi connectivity index (χ0n) is 17.6. The molecular formula is C22H25N5O3. The van der Waals surface area contributed by atoms with Crippen LogP contribution in [0.1, 0.15) is 5.56 Å². The van der Waals surface area contributed by atoms with Crippen LogP contribution in [0, 0.1) is 0 Å². The van der Waals surface area contributed by atoms with E-state index >= 15 is 0 Å². The Morgan fingerprint density at radius 3 is 2.50 bits per heavy atom. The van der Waals surface area contributed by atoms with Crippen LogP contribution in [0.25, 0.3) is 21.9 Å². The number of ether oxygens (including phenoxy) is 1. The number of benzene rings is 2. The maximum Gasteiger partial charge on any atom is 0.332 e. The number of imidazole rings is 1. The van der Waals surface area contributed by atoms with Crippen LogP contribution in [0.3, 0.4) is 0 Å². The second-order valence-corrected chi connectivity index (χ2v) is 7.65. The molecule has 0 aliphatic heterocycles. The van der Waals surface area contributed by atoms with Crippen LogP contribution < -0.4 is 16.0 Å². The number of nitrogens with zero attached hydrogens (tertiary/aromatic N) is 5. The van der Waals surface area contributed by atoms with Gasteiger partial charge in [-0.15, -0.1) is 0 Å². The van der Waals surface area contributed by atoms with Crippen molar-refractivity contribution in [3.8, 4) is 6.01 Å². The maximum absolute atomic E-state index is 13.0. The molecule has 0 N–H and O–H groups in total. The second-order valence-electron chi connectivity index (χ2n) is 7.65. The number of aryl methyl sites for hydroxylation is 1. The first-order valence-electron chi connectivity index (χ1n) is 9.79. The van der Waals surface area contributed by atoms with Gasteiger partial charge in [-0.25, -0.2) is 4.79 Å². The number of hydrogen-bond donors (Lipinski definition) is 0. The molecule has 2 heterocycles. The van der Waals surface area contributed by atoms with E-state index < -0.39 is 5.69 Å². The summed E-state index contributed by atoms with van der Waals surface area (Å²) in [5.74, 6) is 0. The van der Waals surface area contributed by atoms with Crippen molar-refractivity contribution in [3.63, 3.8) is 0 Å². The number of rotatable bonds is 6. The van der Waals surface area contributed by atoms with Gasteiger partial charge in [-0.1, -0.05) is 42.5 Å². The highest BCUT2D eigenvalue weighted by molar-refractivity contribution is 5.86. The first-order valence-corrected chi connectivity index (χ1v) is 9.79. The van der Waals surface area contributed by atoms with Crippen molar-refractivity contribution < 1.29 is 4.74 Å². The van der Waals surface area contributed by atoms with Crippen molar-refractivity contribution >= 4 is 21.9 Å². The molecule has 30 heavy (non-hydrogen) atoms. The molecule has 0 saturated carbocycles. The van der Waals surface area contributed by atoms with Crippen molar-refractivity contribution in [2.45, 2.75) is 6.54 Å². The Kier molecular flexibility index (Phi) is 5.17. The first kappa shape index (κ1) is 19.9. The van der Waals surface area contributed by atoms with E-state index in [0.29, 0.717) is 36.9 Å². The molecule has 4 rings (SSSR count). The summed E-state index contributed by atoms with van der Waals surface area (Å²) >= 11 is 0. The van der Waals surface area contributed by atoms with Gasteiger partial charge in [0.25, 0.3) is 11.6 Å². The van der Waals surface area contributed by atoms with Gasteiger partial charge in [0.1, 0.15) is 6.61 Å². The summed E-state index contributed by atoms with van der Waals surface area (Å²) in [5, 5.41) is 2.22. The smallest absolute Gasteiger partial charge is 0.332 e. The number of fused-ring (bicyclic) bond motifs is 2. The highest BCUT2D eigenvalue weighted by atomic mass is 16.5. The van der Waals surface area contributed by atoms with Crippen LogP contribution in [0.5, 0.6) is 6.01 Å². The Bertz CT molecular complexity index is 1340. The van der Waals surface area contributed by atoms with Gasteiger partial charge in [0.05, 0.1) is 6.54 Å². The summed E-state index contributed by atoms with van der Waals surface area (Å²) in [4.78, 5) is 31.9. The molecule has 0 aliphatic rings. The average molecular weight is 407 g/mol. The van der Waals surface area contributed by atoms with Crippen LogP contribution in [-0.2, 0) is 20.6 Å². The van der Waals surface area contributed by atoms with Crippen molar-refractivity contribution in [1.29, 1.82) is 0 Å². The van der Waals surface area contributed by atoms with Crippen LogP contribution in [0.15, 0.2) is 52.1 Å². The summed E-state index contributed by atoms with van der Waals surface area (Å²) < 4.78 is 10.2. The Labute approximate surface area is 173 Å². The minimum atomic E-state index is -0.415. The maximum atomic E-state index is 13.0. The Balaban J connectivity index is 1.91. The number of aromatic nitrogens is 4. The standard InChI is InChI=1S/C22H25N5O3/c1-24(2)12-13-30-21-23-19-18(20(28)26(4)22(29)25(19)3)27(21)14-16-10-7-9-15-8-5-6-11-17(15)16/h5-11H,12-14H2,1-4H3. The molecule has 0 saturated heterocycles. The van der Waals surface area contributed by atoms with Crippen LogP contribution in [0.4, 0.5) is 0 Å². The van der Waals surface area contributed by atoms with E-state index in [1.54, 1.807) is 11.6 Å². The monoisotopic (exact) mass is 407 g/mol. The first-order chi connectivity index (χ1) is 14.4. The summed E-state index contributed by atoms with van der Waals surface area (Å²) in [6, 6.07) is 14.5. The zero-order valence-corrected chi connectivity index (χ0v) is 17.6. The minimum Gasteiger partial charge on any atom is -0.463 e. The quantitative estimate of drug-likeness (QED) is 0.485. The van der Waals surface area contributed by atoms with E-state index in [1.165, 1.54) is 11.6 Å². The number of hydrogen-bond acceptors (Lipinski definition) is 5. The average Bonchev–Trinajstić information content (AvgIpc) is 3.09. The molecule has 0 atom stereocenters. The summed E-state index contributed by atoms with van der Waals surface area (Å²) in [6.45, 7) is 1.52. The molecule has 156 valence electrons. The van der Waals surface area contributed by atoms with Crippen molar-refractivity contribution in [1.82, 2.24) is 23.6 Å². The molecule has 4 aromatic rings. The SMILES string of the molecule is CN(C)CCOc1nc2c(c(=O)n(C)c(=O)n2C)n1Cc1cccc2ccccc12. The Morgan fingerprint density at radius 1 is 1.00 bits per heavy atom. The predicted octanol–water partition coefficient (Wildman–Crippen LogP) is 1.58. The minimum absolute atomic E-state index is 0.322. The second kappa shape index (κ2) is 7.79. The third kappa shape index (κ3) is 3.39. The molecule has 0 bridgehead atoms. The van der Waals surface area contributed by atoms with Crippen molar-refractivity contribution in [2.75, 3.05) is 27.2 Å². The molecular weight excluding hydrogens is 382 g/mol. The van der Waals surface area contributed by atoms with Crippen LogP contribution >= 0.6 is 0 Å². The molecule has 2 aromatic carbocycles. The van der Waals surface area contributed by atoms with Crippen LogP contribution in [-0.4, -0.2) is 50.8 Å². The molecule has 2 aromatic heterocycles. The summed E-state index contributed by atoms with van der Waals surface area (Å²) in [5.41, 5.74) is 0.918. The van der Waals surface area contributed by atoms with Gasteiger partial charge in [0.2, 0.25) is 0 Å². The van der Waals surface area contributed by atoms with Crippen molar-refractivity contribution in [2.24, 2.45) is 14.1 Å². The van der Waals surface area contributed by atoms with E-state index in [0.717, 1.165) is 20.9 Å². The van der Waals surface area contributed by atoms with Gasteiger partial charge >= 0.3 is 5.69 Å². The molecule has 0 fully saturated rings. The molecule has 0 aliphatic carbocycles. The van der Waals surface area contributed by atoms with E-state index in [9.17, 15) is 9.59 Å². The van der Waals surface area contributed by atoms with E-state index in [1.807, 2.05) is 43.3 Å². The molecule has 0 spiro atoms. The lowest BCUT2D eigenvalue weighted by molar-refractivity contribution is 0.239. The largest absolute Gasteiger partial charge is 0.463 e. The lowest BCUT2D eigenvalue weighted by atomic mass is 10.0. The topological polar surface area (TPSA) is 74.3 Å². The predicted molar refractivity (Wildman–Crippen MR) is 117 cm³/mol. The lowest BCUT2D eigenvalue weighted by Gasteiger charge is -2.13. The lowest BCUT2D eigenvalue weighted by Crippen LogP contribution is -2.37. The van der Waals surface area contributed by atoms with E-state index in [4.69, 9.17) is 4.74 Å². The Morgan fingerprint density at radius 2 is 1.73 bits per heavy atom. The van der Waals surface area contributed by atoms with Gasteiger partial charge in [-0.3, -0.25) is 18.5 Å².